The predicted molar refractivity (Wildman–Crippen MR) is 64.2 cm³/mol. The van der Waals surface area contributed by atoms with Crippen LogP contribution in [0.4, 0.5) is 10.9 Å². The van der Waals surface area contributed by atoms with Gasteiger partial charge < -0.3 is 15.0 Å². The van der Waals surface area contributed by atoms with Crippen LogP contribution >= 0.6 is 11.3 Å². The van der Waals surface area contributed by atoms with E-state index in [9.17, 15) is 4.79 Å². The van der Waals surface area contributed by atoms with Crippen LogP contribution in [0.5, 0.6) is 0 Å². The number of nitrogens with one attached hydrogen (secondary N) is 1. The van der Waals surface area contributed by atoms with Crippen molar-refractivity contribution in [1.82, 2.24) is 4.98 Å². The molecule has 0 unspecified atom stereocenters. The largest absolute Gasteiger partial charge is 0.378 e. The number of thiazole rings is 1. The molecule has 1 aliphatic heterocycles. The number of nitrogens with zero attached hydrogens (tertiary/aromatic N) is 3. The van der Waals surface area contributed by atoms with Crippen molar-refractivity contribution in [3.05, 3.63) is 4.88 Å². The van der Waals surface area contributed by atoms with Gasteiger partial charge in [-0.2, -0.15) is 5.26 Å². The Morgan fingerprint density at radius 3 is 2.88 bits per heavy atom. The van der Waals surface area contributed by atoms with Crippen LogP contribution in [0.2, 0.25) is 0 Å². The van der Waals surface area contributed by atoms with Gasteiger partial charge in [0.15, 0.2) is 15.8 Å². The molecule has 1 aromatic rings. The van der Waals surface area contributed by atoms with E-state index in [-0.39, 0.29) is 5.91 Å². The molecule has 0 aliphatic carbocycles. The minimum Gasteiger partial charge on any atom is -0.378 e. The Kier molecular flexibility index (Phi) is 3.56. The number of anilines is 2. The third-order valence-corrected chi connectivity index (χ3v) is 3.31. The lowest BCUT2D eigenvalue weighted by molar-refractivity contribution is -0.114. The van der Waals surface area contributed by atoms with Crippen LogP contribution in [0, 0.1) is 11.3 Å². The predicted octanol–water partition coefficient (Wildman–Crippen LogP) is 0.810. The number of ether oxygens (including phenoxy) is 1. The molecule has 1 aromatic heterocycles. The maximum Gasteiger partial charge on any atom is 0.222 e. The monoisotopic (exact) mass is 252 g/mol. The Morgan fingerprint density at radius 2 is 2.29 bits per heavy atom. The molecule has 0 spiro atoms. The zero-order chi connectivity index (χ0) is 12.3. The topological polar surface area (TPSA) is 78.2 Å². The zero-order valence-corrected chi connectivity index (χ0v) is 10.2. The number of amides is 1. The molecule has 0 radical (unpaired) electrons. The summed E-state index contributed by atoms with van der Waals surface area (Å²) in [5.74, 6) is 0.131. The maximum atomic E-state index is 11.0. The molecule has 1 N–H and O–H groups in total. The second-order valence-electron chi connectivity index (χ2n) is 3.57. The van der Waals surface area contributed by atoms with E-state index in [0.717, 1.165) is 18.2 Å². The highest BCUT2D eigenvalue weighted by Gasteiger charge is 2.18. The molecule has 90 valence electrons. The van der Waals surface area contributed by atoms with E-state index in [2.05, 4.69) is 15.2 Å². The van der Waals surface area contributed by atoms with E-state index in [0.29, 0.717) is 23.9 Å². The molecule has 7 heteroatoms. The first kappa shape index (κ1) is 11.8. The summed E-state index contributed by atoms with van der Waals surface area (Å²) < 4.78 is 5.25. The molecule has 1 aliphatic rings. The first-order valence-electron chi connectivity index (χ1n) is 5.22. The van der Waals surface area contributed by atoms with Crippen molar-refractivity contribution in [1.29, 1.82) is 5.26 Å². The molecule has 2 heterocycles. The SMILES string of the molecule is CC(=O)Nc1nc(N2CCOCC2)sc1C#N. The summed E-state index contributed by atoms with van der Waals surface area (Å²) in [6.07, 6.45) is 0. The van der Waals surface area contributed by atoms with Crippen molar-refractivity contribution in [2.75, 3.05) is 36.5 Å². The average molecular weight is 252 g/mol. The summed E-state index contributed by atoms with van der Waals surface area (Å²) >= 11 is 1.29. The third kappa shape index (κ3) is 2.72. The molecule has 0 atom stereocenters. The molecule has 1 saturated heterocycles. The van der Waals surface area contributed by atoms with Gasteiger partial charge in [-0.15, -0.1) is 0 Å². The summed E-state index contributed by atoms with van der Waals surface area (Å²) in [7, 11) is 0. The number of hydrogen-bond acceptors (Lipinski definition) is 6. The van der Waals surface area contributed by atoms with E-state index in [4.69, 9.17) is 10.00 Å². The summed E-state index contributed by atoms with van der Waals surface area (Å²) in [6, 6.07) is 2.04. The molecule has 17 heavy (non-hydrogen) atoms. The van der Waals surface area contributed by atoms with Crippen molar-refractivity contribution in [2.45, 2.75) is 6.92 Å². The van der Waals surface area contributed by atoms with Crippen molar-refractivity contribution >= 4 is 28.2 Å². The fourth-order valence-corrected chi connectivity index (χ4v) is 2.40. The second-order valence-corrected chi connectivity index (χ2v) is 4.54. The lowest BCUT2D eigenvalue weighted by Crippen LogP contribution is -2.36. The van der Waals surface area contributed by atoms with Crippen molar-refractivity contribution in [2.24, 2.45) is 0 Å². The highest BCUT2D eigenvalue weighted by molar-refractivity contribution is 7.16. The number of aromatic nitrogens is 1. The van der Waals surface area contributed by atoms with Gasteiger partial charge in [0.05, 0.1) is 13.2 Å². The van der Waals surface area contributed by atoms with Gasteiger partial charge in [0, 0.05) is 20.0 Å². The molecule has 6 nitrogen and oxygen atoms in total. The van der Waals surface area contributed by atoms with Crippen LogP contribution in [0.25, 0.3) is 0 Å². The van der Waals surface area contributed by atoms with E-state index < -0.39 is 0 Å². The summed E-state index contributed by atoms with van der Waals surface area (Å²) in [5.41, 5.74) is 0. The summed E-state index contributed by atoms with van der Waals surface area (Å²) in [6.45, 7) is 4.25. The maximum absolute atomic E-state index is 11.0. The zero-order valence-electron chi connectivity index (χ0n) is 9.39. The average Bonchev–Trinajstić information content (AvgIpc) is 2.72. The van der Waals surface area contributed by atoms with E-state index in [1.54, 1.807) is 0 Å². The second kappa shape index (κ2) is 5.12. The number of morpholine rings is 1. The lowest BCUT2D eigenvalue weighted by atomic mass is 10.4. The standard InChI is InChI=1S/C10H12N4O2S/c1-7(15)12-9-8(6-11)17-10(13-9)14-2-4-16-5-3-14/h2-5H2,1H3,(H,12,15). The van der Waals surface area contributed by atoms with Crippen LogP contribution < -0.4 is 10.2 Å². The van der Waals surface area contributed by atoms with Crippen LogP contribution in [0.1, 0.15) is 11.8 Å². The van der Waals surface area contributed by atoms with Crippen molar-refractivity contribution in [3.8, 4) is 6.07 Å². The molecule has 0 bridgehead atoms. The van der Waals surface area contributed by atoms with E-state index >= 15 is 0 Å². The number of carbonyl (C=O) groups excluding carboxylic acids is 1. The quantitative estimate of drug-likeness (QED) is 0.842. The van der Waals surface area contributed by atoms with Gasteiger partial charge in [0.2, 0.25) is 5.91 Å². The molecule has 0 aromatic carbocycles. The van der Waals surface area contributed by atoms with Crippen molar-refractivity contribution in [3.63, 3.8) is 0 Å². The fraction of sp³-hybridized carbons (Fsp3) is 0.500. The molecule has 0 saturated carbocycles. The van der Waals surface area contributed by atoms with Crippen LogP contribution in [0.15, 0.2) is 0 Å². The van der Waals surface area contributed by atoms with Gasteiger partial charge in [-0.3, -0.25) is 4.79 Å². The third-order valence-electron chi connectivity index (χ3n) is 2.29. The molecule has 1 fully saturated rings. The Morgan fingerprint density at radius 1 is 1.59 bits per heavy atom. The minimum absolute atomic E-state index is 0.222. The molecular formula is C10H12N4O2S. The summed E-state index contributed by atoms with van der Waals surface area (Å²) in [4.78, 5) is 17.7. The van der Waals surface area contributed by atoms with Gasteiger partial charge in [0.25, 0.3) is 0 Å². The van der Waals surface area contributed by atoms with E-state index in [1.807, 2.05) is 6.07 Å². The minimum atomic E-state index is -0.222. The molecular weight excluding hydrogens is 240 g/mol. The fourth-order valence-electron chi connectivity index (χ4n) is 1.53. The highest BCUT2D eigenvalue weighted by atomic mass is 32.1. The smallest absolute Gasteiger partial charge is 0.222 e. The Labute approximate surface area is 103 Å². The number of hydrogen-bond donors (Lipinski definition) is 1. The first-order valence-corrected chi connectivity index (χ1v) is 6.03. The molecule has 1 amide bonds. The van der Waals surface area contributed by atoms with Crippen LogP contribution in [-0.2, 0) is 9.53 Å². The van der Waals surface area contributed by atoms with Gasteiger partial charge >= 0.3 is 0 Å². The Hall–Kier alpha value is -1.65. The van der Waals surface area contributed by atoms with Crippen molar-refractivity contribution < 1.29 is 9.53 Å². The van der Waals surface area contributed by atoms with Crippen LogP contribution in [-0.4, -0.2) is 37.2 Å². The van der Waals surface area contributed by atoms with Gasteiger partial charge in [-0.1, -0.05) is 11.3 Å². The van der Waals surface area contributed by atoms with Gasteiger partial charge in [0.1, 0.15) is 6.07 Å². The summed E-state index contributed by atoms with van der Waals surface area (Å²) in [5, 5.41) is 12.3. The Bertz CT molecular complexity index is 459. The molecule has 2 rings (SSSR count). The van der Waals surface area contributed by atoms with Gasteiger partial charge in [-0.25, -0.2) is 4.98 Å². The van der Waals surface area contributed by atoms with E-state index in [1.165, 1.54) is 18.3 Å². The Balaban J connectivity index is 2.21. The van der Waals surface area contributed by atoms with Crippen LogP contribution in [0.3, 0.4) is 0 Å². The number of carbonyl (C=O) groups is 1. The normalized spacial score (nSPS) is 15.4. The highest BCUT2D eigenvalue weighted by Crippen LogP contribution is 2.29. The van der Waals surface area contributed by atoms with Gasteiger partial charge in [-0.05, 0) is 0 Å². The lowest BCUT2D eigenvalue weighted by Gasteiger charge is -2.25. The first-order chi connectivity index (χ1) is 8.20. The number of rotatable bonds is 2. The number of nitriles is 1.